The Morgan fingerprint density at radius 2 is 0.356 bits per heavy atom. The van der Waals surface area contributed by atoms with Gasteiger partial charge in [0.15, 0.2) is 0 Å². The van der Waals surface area contributed by atoms with Crippen LogP contribution >= 0.6 is 0 Å². The summed E-state index contributed by atoms with van der Waals surface area (Å²) >= 11 is 0. The van der Waals surface area contributed by atoms with Gasteiger partial charge in [-0.3, -0.25) is 0 Å². The van der Waals surface area contributed by atoms with Crippen LogP contribution in [0.5, 0.6) is 0 Å². The molecule has 0 aliphatic heterocycles. The number of hydrogen-bond acceptors (Lipinski definition) is 4. The summed E-state index contributed by atoms with van der Waals surface area (Å²) < 4.78 is 0. The minimum Gasteiger partial charge on any atom is -0.390 e. The van der Waals surface area contributed by atoms with E-state index in [1.165, 1.54) is 0 Å². The van der Waals surface area contributed by atoms with Crippen LogP contribution in [0, 0.1) is 23.7 Å². The molecule has 0 aliphatic carbocycles. The summed E-state index contributed by atoms with van der Waals surface area (Å²) in [4.78, 5) is 0. The molecule has 0 bridgehead atoms. The van der Waals surface area contributed by atoms with Gasteiger partial charge in [-0.25, -0.2) is 0 Å². The molecule has 0 radical (unpaired) electrons. The van der Waals surface area contributed by atoms with Crippen molar-refractivity contribution in [1.82, 2.24) is 0 Å². The van der Waals surface area contributed by atoms with Gasteiger partial charge in [0.25, 0.3) is 0 Å². The van der Waals surface area contributed by atoms with E-state index < -0.39 is 22.4 Å². The van der Waals surface area contributed by atoms with E-state index in [0.29, 0.717) is 23.7 Å². The fourth-order valence-electron chi connectivity index (χ4n) is 7.50. The van der Waals surface area contributed by atoms with Crippen molar-refractivity contribution in [3.8, 4) is 0 Å². The van der Waals surface area contributed by atoms with E-state index in [1.807, 2.05) is 0 Å². The largest absolute Gasteiger partial charge is 0.390 e. The van der Waals surface area contributed by atoms with E-state index >= 15 is 0 Å². The Labute approximate surface area is 300 Å². The fraction of sp³-hybridized carbons (Fsp3) is 1.00. The quantitative estimate of drug-likeness (QED) is 0.0965. The SMILES string of the molecule is CCC(CC)C(O)(CC)CC.CCC(CC)C(O)(CC)CC.CCC(CC)C(O)(CC)CC.CCC(CC)C(O)(CC)CC.[Ti]. The van der Waals surface area contributed by atoms with E-state index in [1.54, 1.807) is 0 Å². The van der Waals surface area contributed by atoms with E-state index in [0.717, 1.165) is 103 Å². The first-order chi connectivity index (χ1) is 20.6. The first-order valence-electron chi connectivity index (χ1n) is 19.5. The molecule has 0 spiro atoms. The Bertz CT molecular complexity index is 475. The van der Waals surface area contributed by atoms with Gasteiger partial charge in [-0.05, 0) is 75.0 Å². The van der Waals surface area contributed by atoms with Crippen LogP contribution in [-0.4, -0.2) is 42.8 Å². The van der Waals surface area contributed by atoms with Gasteiger partial charge in [-0.2, -0.15) is 0 Å². The van der Waals surface area contributed by atoms with Crippen molar-refractivity contribution in [1.29, 1.82) is 0 Å². The number of aliphatic hydroxyl groups is 4. The number of rotatable bonds is 20. The summed E-state index contributed by atoms with van der Waals surface area (Å²) in [6.45, 7) is 33.8. The van der Waals surface area contributed by atoms with Crippen LogP contribution in [-0.2, 0) is 21.7 Å². The Hall–Kier alpha value is 0.554. The minimum absolute atomic E-state index is 0. The average Bonchev–Trinajstić information content (AvgIpc) is 3.06. The molecule has 0 amide bonds. The second kappa shape index (κ2) is 30.6. The summed E-state index contributed by atoms with van der Waals surface area (Å²) in [5, 5.41) is 40.4. The second-order valence-electron chi connectivity index (χ2n) is 13.3. The maximum atomic E-state index is 10.1. The zero-order valence-electron chi connectivity index (χ0n) is 33.9. The van der Waals surface area contributed by atoms with Gasteiger partial charge in [-0.15, -0.1) is 0 Å². The van der Waals surface area contributed by atoms with Gasteiger partial charge in [0.1, 0.15) is 0 Å². The molecular formula is C40H88O4Ti. The van der Waals surface area contributed by atoms with Crippen LogP contribution < -0.4 is 0 Å². The van der Waals surface area contributed by atoms with Crippen LogP contribution in [0.4, 0.5) is 0 Å². The van der Waals surface area contributed by atoms with Gasteiger partial charge >= 0.3 is 0 Å². The second-order valence-corrected chi connectivity index (χ2v) is 13.3. The smallest absolute Gasteiger partial charge is 0.0670 e. The van der Waals surface area contributed by atoms with Crippen molar-refractivity contribution in [2.24, 2.45) is 23.7 Å². The molecule has 0 saturated heterocycles. The Kier molecular flexibility index (Phi) is 37.4. The van der Waals surface area contributed by atoms with Crippen LogP contribution in [0.1, 0.15) is 214 Å². The molecule has 4 nitrogen and oxygen atoms in total. The van der Waals surface area contributed by atoms with Crippen LogP contribution in [0.15, 0.2) is 0 Å². The molecular weight excluding hydrogens is 592 g/mol. The molecule has 0 atom stereocenters. The molecule has 0 saturated carbocycles. The molecule has 5 heteroatoms. The first kappa shape index (κ1) is 55.0. The molecule has 0 aliphatic rings. The van der Waals surface area contributed by atoms with E-state index in [2.05, 4.69) is 111 Å². The van der Waals surface area contributed by atoms with E-state index in [-0.39, 0.29) is 21.7 Å². The molecule has 0 unspecified atom stereocenters. The third-order valence-electron chi connectivity index (χ3n) is 11.9. The molecule has 4 N–H and O–H groups in total. The van der Waals surface area contributed by atoms with Crippen molar-refractivity contribution in [3.05, 3.63) is 0 Å². The van der Waals surface area contributed by atoms with E-state index in [4.69, 9.17) is 0 Å². The minimum atomic E-state index is -0.399. The van der Waals surface area contributed by atoms with Crippen molar-refractivity contribution >= 4 is 0 Å². The van der Waals surface area contributed by atoms with Gasteiger partial charge < -0.3 is 20.4 Å². The topological polar surface area (TPSA) is 80.9 Å². The van der Waals surface area contributed by atoms with Crippen molar-refractivity contribution in [3.63, 3.8) is 0 Å². The van der Waals surface area contributed by atoms with Gasteiger partial charge in [0.2, 0.25) is 0 Å². The number of hydrogen-bond donors (Lipinski definition) is 4. The third kappa shape index (κ3) is 19.4. The maximum Gasteiger partial charge on any atom is 0.0670 e. The summed E-state index contributed by atoms with van der Waals surface area (Å²) in [5.41, 5.74) is -1.60. The molecule has 0 rings (SSSR count). The molecule has 276 valence electrons. The molecule has 0 aromatic heterocycles. The molecule has 0 aromatic carbocycles. The molecule has 0 heterocycles. The standard InChI is InChI=1S/4C10H22O.Ti/c4*1-5-9(6-2)10(11,7-3)8-4;/h4*9,11H,5-8H2,1-4H3;. The Morgan fingerprint density at radius 3 is 0.378 bits per heavy atom. The zero-order chi connectivity index (χ0) is 35.6. The first-order valence-corrected chi connectivity index (χ1v) is 19.5. The van der Waals surface area contributed by atoms with Gasteiger partial charge in [-0.1, -0.05) is 162 Å². The fourth-order valence-corrected chi connectivity index (χ4v) is 7.50. The van der Waals surface area contributed by atoms with Crippen LogP contribution in [0.25, 0.3) is 0 Å². The maximum absolute atomic E-state index is 10.1. The van der Waals surface area contributed by atoms with Crippen molar-refractivity contribution < 1.29 is 42.1 Å². The third-order valence-corrected chi connectivity index (χ3v) is 11.9. The Balaban J connectivity index is -0.000000157. The summed E-state index contributed by atoms with van der Waals surface area (Å²) in [7, 11) is 0. The Morgan fingerprint density at radius 1 is 0.267 bits per heavy atom. The van der Waals surface area contributed by atoms with Crippen LogP contribution in [0.3, 0.4) is 0 Å². The van der Waals surface area contributed by atoms with Gasteiger partial charge in [0.05, 0.1) is 22.4 Å². The molecule has 45 heavy (non-hydrogen) atoms. The van der Waals surface area contributed by atoms with Crippen molar-refractivity contribution in [2.45, 2.75) is 236 Å². The molecule has 0 fully saturated rings. The average molecular weight is 681 g/mol. The summed E-state index contributed by atoms with van der Waals surface area (Å²) in [6.07, 6.45) is 15.8. The normalized spacial score (nSPS) is 12.3. The van der Waals surface area contributed by atoms with E-state index in [9.17, 15) is 20.4 Å². The van der Waals surface area contributed by atoms with Crippen LogP contribution in [0.2, 0.25) is 0 Å². The predicted molar refractivity (Wildman–Crippen MR) is 198 cm³/mol. The summed E-state index contributed by atoms with van der Waals surface area (Å²) in [5.74, 6) is 1.94. The zero-order valence-corrected chi connectivity index (χ0v) is 35.5. The predicted octanol–water partition coefficient (Wildman–Crippen LogP) is 11.9. The molecule has 0 aromatic rings. The van der Waals surface area contributed by atoms with Gasteiger partial charge in [0, 0.05) is 21.7 Å². The van der Waals surface area contributed by atoms with Crippen molar-refractivity contribution in [2.75, 3.05) is 0 Å². The summed E-state index contributed by atoms with van der Waals surface area (Å²) in [6, 6.07) is 0. The monoisotopic (exact) mass is 681 g/mol.